The molecule has 1 atom stereocenters. The van der Waals surface area contributed by atoms with Gasteiger partial charge in [-0.3, -0.25) is 9.59 Å². The summed E-state index contributed by atoms with van der Waals surface area (Å²) in [4.78, 5) is 24.1. The summed E-state index contributed by atoms with van der Waals surface area (Å²) < 4.78 is 18.6. The number of carboxylic acid groups (broad SMARTS) is 1. The van der Waals surface area contributed by atoms with Gasteiger partial charge in [0.2, 0.25) is 0 Å². The van der Waals surface area contributed by atoms with E-state index in [4.69, 9.17) is 9.84 Å². The van der Waals surface area contributed by atoms with E-state index in [1.165, 1.54) is 17.0 Å². The van der Waals surface area contributed by atoms with Crippen molar-refractivity contribution in [1.29, 1.82) is 0 Å². The standard InChI is InChI=1S/C14H16FNO4/c1-9-2-3-11(15)12(6-9)20-8-13(17)16-5-4-10(7-16)14(18)19/h2-3,6,10H,4-5,7-8H2,1H3,(H,18,19). The highest BCUT2D eigenvalue weighted by Gasteiger charge is 2.30. The number of rotatable bonds is 4. The summed E-state index contributed by atoms with van der Waals surface area (Å²) >= 11 is 0. The molecule has 1 amide bonds. The van der Waals surface area contributed by atoms with E-state index in [0.29, 0.717) is 13.0 Å². The Bertz CT molecular complexity index is 532. The Balaban J connectivity index is 1.90. The molecule has 6 heteroatoms. The summed E-state index contributed by atoms with van der Waals surface area (Å²) in [6.45, 7) is 2.10. The Labute approximate surface area is 116 Å². The largest absolute Gasteiger partial charge is 0.481 e. The second-order valence-electron chi connectivity index (χ2n) is 4.89. The predicted octanol–water partition coefficient (Wildman–Crippen LogP) is 1.45. The molecule has 0 bridgehead atoms. The first kappa shape index (κ1) is 14.3. The lowest BCUT2D eigenvalue weighted by Gasteiger charge is -2.16. The smallest absolute Gasteiger partial charge is 0.308 e. The van der Waals surface area contributed by atoms with Crippen molar-refractivity contribution < 1.29 is 23.8 Å². The van der Waals surface area contributed by atoms with Crippen molar-refractivity contribution in [2.75, 3.05) is 19.7 Å². The molecule has 1 aliphatic rings. The fourth-order valence-electron chi connectivity index (χ4n) is 2.14. The Hall–Kier alpha value is -2.11. The van der Waals surface area contributed by atoms with Crippen molar-refractivity contribution in [3.63, 3.8) is 0 Å². The number of likely N-dealkylation sites (tertiary alicyclic amines) is 1. The molecule has 0 aliphatic carbocycles. The third-order valence-corrected chi connectivity index (χ3v) is 3.33. The summed E-state index contributed by atoms with van der Waals surface area (Å²) in [5, 5.41) is 8.87. The molecule has 0 radical (unpaired) electrons. The van der Waals surface area contributed by atoms with Crippen LogP contribution in [0.1, 0.15) is 12.0 Å². The molecule has 1 unspecified atom stereocenters. The Kier molecular flexibility index (Phi) is 4.22. The van der Waals surface area contributed by atoms with E-state index in [0.717, 1.165) is 5.56 Å². The second-order valence-corrected chi connectivity index (χ2v) is 4.89. The van der Waals surface area contributed by atoms with Gasteiger partial charge in [0.1, 0.15) is 0 Å². The van der Waals surface area contributed by atoms with E-state index in [1.54, 1.807) is 13.0 Å². The molecule has 2 rings (SSSR count). The quantitative estimate of drug-likeness (QED) is 0.907. The molecule has 1 aromatic rings. The molecule has 0 saturated carbocycles. The van der Waals surface area contributed by atoms with Gasteiger partial charge in [-0.25, -0.2) is 4.39 Å². The Morgan fingerprint density at radius 2 is 2.25 bits per heavy atom. The number of amides is 1. The van der Waals surface area contributed by atoms with Crippen LogP contribution in [-0.2, 0) is 9.59 Å². The first-order valence-electron chi connectivity index (χ1n) is 6.37. The maximum Gasteiger partial charge on any atom is 0.308 e. The number of hydrogen-bond donors (Lipinski definition) is 1. The highest BCUT2D eigenvalue weighted by molar-refractivity contribution is 5.80. The normalized spacial score (nSPS) is 18.1. The molecular weight excluding hydrogens is 265 g/mol. The van der Waals surface area contributed by atoms with Gasteiger partial charge in [-0.05, 0) is 31.0 Å². The number of hydrogen-bond acceptors (Lipinski definition) is 3. The van der Waals surface area contributed by atoms with Gasteiger partial charge in [-0.1, -0.05) is 6.07 Å². The summed E-state index contributed by atoms with van der Waals surface area (Å²) in [7, 11) is 0. The molecule has 1 heterocycles. The number of aliphatic carboxylic acids is 1. The van der Waals surface area contributed by atoms with E-state index >= 15 is 0 Å². The van der Waals surface area contributed by atoms with E-state index in [9.17, 15) is 14.0 Å². The number of carbonyl (C=O) groups is 2. The van der Waals surface area contributed by atoms with Crippen molar-refractivity contribution in [2.45, 2.75) is 13.3 Å². The van der Waals surface area contributed by atoms with Crippen LogP contribution in [0, 0.1) is 18.7 Å². The van der Waals surface area contributed by atoms with Crippen molar-refractivity contribution in [2.24, 2.45) is 5.92 Å². The van der Waals surface area contributed by atoms with Crippen LogP contribution in [0.4, 0.5) is 4.39 Å². The average molecular weight is 281 g/mol. The van der Waals surface area contributed by atoms with Gasteiger partial charge in [0.05, 0.1) is 5.92 Å². The molecule has 1 saturated heterocycles. The van der Waals surface area contributed by atoms with Gasteiger partial charge in [-0.2, -0.15) is 0 Å². The SMILES string of the molecule is Cc1ccc(F)c(OCC(=O)N2CCC(C(=O)O)C2)c1. The predicted molar refractivity (Wildman–Crippen MR) is 69.0 cm³/mol. The van der Waals surface area contributed by atoms with Crippen LogP contribution in [-0.4, -0.2) is 41.6 Å². The monoisotopic (exact) mass is 281 g/mol. The van der Waals surface area contributed by atoms with Gasteiger partial charge in [0.25, 0.3) is 5.91 Å². The van der Waals surface area contributed by atoms with Crippen LogP contribution in [0.3, 0.4) is 0 Å². The lowest BCUT2D eigenvalue weighted by atomic mass is 10.1. The molecule has 1 fully saturated rings. The van der Waals surface area contributed by atoms with E-state index in [1.807, 2.05) is 0 Å². The summed E-state index contributed by atoms with van der Waals surface area (Å²) in [6, 6.07) is 4.42. The van der Waals surface area contributed by atoms with Gasteiger partial charge in [-0.15, -0.1) is 0 Å². The molecule has 108 valence electrons. The van der Waals surface area contributed by atoms with Crippen molar-refractivity contribution in [3.05, 3.63) is 29.6 Å². The fraction of sp³-hybridized carbons (Fsp3) is 0.429. The van der Waals surface area contributed by atoms with E-state index in [-0.39, 0.29) is 24.8 Å². The molecule has 5 nitrogen and oxygen atoms in total. The average Bonchev–Trinajstić information content (AvgIpc) is 2.89. The third kappa shape index (κ3) is 3.26. The lowest BCUT2D eigenvalue weighted by Crippen LogP contribution is -2.33. The minimum Gasteiger partial charge on any atom is -0.481 e. The molecule has 1 N–H and O–H groups in total. The van der Waals surface area contributed by atoms with E-state index in [2.05, 4.69) is 0 Å². The zero-order valence-electron chi connectivity index (χ0n) is 11.1. The lowest BCUT2D eigenvalue weighted by molar-refractivity contribution is -0.141. The van der Waals surface area contributed by atoms with E-state index < -0.39 is 17.7 Å². The topological polar surface area (TPSA) is 66.8 Å². The zero-order chi connectivity index (χ0) is 14.7. The number of nitrogens with zero attached hydrogens (tertiary/aromatic N) is 1. The maximum absolute atomic E-state index is 13.4. The minimum atomic E-state index is -0.897. The first-order valence-corrected chi connectivity index (χ1v) is 6.37. The minimum absolute atomic E-state index is 0.0346. The fourth-order valence-corrected chi connectivity index (χ4v) is 2.14. The second kappa shape index (κ2) is 5.90. The van der Waals surface area contributed by atoms with Gasteiger partial charge >= 0.3 is 5.97 Å². The van der Waals surface area contributed by atoms with Crippen LogP contribution >= 0.6 is 0 Å². The molecule has 0 aromatic heterocycles. The van der Waals surface area contributed by atoms with Crippen molar-refractivity contribution >= 4 is 11.9 Å². The summed E-state index contributed by atoms with van der Waals surface area (Å²) in [6.07, 6.45) is 0.444. The number of carbonyl (C=O) groups excluding carboxylic acids is 1. The number of aryl methyl sites for hydroxylation is 1. The molecule has 1 aliphatic heterocycles. The Morgan fingerprint density at radius 1 is 1.50 bits per heavy atom. The number of carboxylic acids is 1. The van der Waals surface area contributed by atoms with Crippen LogP contribution in [0.2, 0.25) is 0 Å². The summed E-state index contributed by atoms with van der Waals surface area (Å²) in [5.41, 5.74) is 0.834. The third-order valence-electron chi connectivity index (χ3n) is 3.33. The molecule has 1 aromatic carbocycles. The first-order chi connectivity index (χ1) is 9.47. The van der Waals surface area contributed by atoms with Gasteiger partial charge < -0.3 is 14.7 Å². The van der Waals surface area contributed by atoms with Crippen LogP contribution in [0.5, 0.6) is 5.75 Å². The Morgan fingerprint density at radius 3 is 2.90 bits per heavy atom. The maximum atomic E-state index is 13.4. The highest BCUT2D eigenvalue weighted by Crippen LogP contribution is 2.20. The summed E-state index contributed by atoms with van der Waals surface area (Å²) in [5.74, 6) is -2.23. The molecule has 0 spiro atoms. The van der Waals surface area contributed by atoms with Crippen LogP contribution in [0.25, 0.3) is 0 Å². The van der Waals surface area contributed by atoms with Crippen molar-refractivity contribution in [1.82, 2.24) is 4.90 Å². The van der Waals surface area contributed by atoms with Gasteiger partial charge in [0, 0.05) is 13.1 Å². The number of benzene rings is 1. The van der Waals surface area contributed by atoms with Crippen molar-refractivity contribution in [3.8, 4) is 5.75 Å². The van der Waals surface area contributed by atoms with Crippen LogP contribution < -0.4 is 4.74 Å². The number of halogens is 1. The highest BCUT2D eigenvalue weighted by atomic mass is 19.1. The number of ether oxygens (including phenoxy) is 1. The zero-order valence-corrected chi connectivity index (χ0v) is 11.1. The van der Waals surface area contributed by atoms with Gasteiger partial charge in [0.15, 0.2) is 18.2 Å². The van der Waals surface area contributed by atoms with Crippen LogP contribution in [0.15, 0.2) is 18.2 Å². The molecule has 20 heavy (non-hydrogen) atoms. The molecular formula is C14H16FNO4.